The van der Waals surface area contributed by atoms with E-state index in [1.54, 1.807) is 17.5 Å². The number of thiophene rings is 1. The molecule has 3 aromatic rings. The first-order valence-electron chi connectivity index (χ1n) is 9.45. The largest absolute Gasteiger partial charge is 0.490 e. The topological polar surface area (TPSA) is 106 Å². The summed E-state index contributed by atoms with van der Waals surface area (Å²) in [5.41, 5.74) is -3.73. The lowest BCUT2D eigenvalue weighted by molar-refractivity contribution is -0.138. The Kier molecular flexibility index (Phi) is 7.02. The molecule has 1 heterocycles. The van der Waals surface area contributed by atoms with Crippen molar-refractivity contribution in [3.63, 3.8) is 0 Å². The number of halogens is 3. The molecular weight excluding hydrogens is 455 g/mol. The Bertz CT molecular complexity index is 1210. The van der Waals surface area contributed by atoms with Crippen LogP contribution in [0.1, 0.15) is 21.6 Å². The maximum Gasteiger partial charge on any atom is 0.417 e. The highest BCUT2D eigenvalue weighted by molar-refractivity contribution is 7.09. The monoisotopic (exact) mass is 471 g/mol. The lowest BCUT2D eigenvalue weighted by Crippen LogP contribution is -2.49. The van der Waals surface area contributed by atoms with Crippen LogP contribution in [0.2, 0.25) is 0 Å². The fourth-order valence-electron chi connectivity index (χ4n) is 2.93. The van der Waals surface area contributed by atoms with Gasteiger partial charge in [-0.05, 0) is 53.9 Å². The van der Waals surface area contributed by atoms with Crippen LogP contribution in [-0.4, -0.2) is 23.2 Å². The third kappa shape index (κ3) is 5.89. The molecule has 0 aliphatic heterocycles. The summed E-state index contributed by atoms with van der Waals surface area (Å²) in [4.78, 5) is 13.6. The average molecular weight is 471 g/mol. The zero-order chi connectivity index (χ0) is 24.1. The molecule has 2 N–H and O–H groups in total. The molecule has 2 aromatic carbocycles. The van der Waals surface area contributed by atoms with Gasteiger partial charge in [0.1, 0.15) is 12.4 Å². The number of nitriles is 2. The van der Waals surface area contributed by atoms with E-state index in [0.717, 1.165) is 12.1 Å². The van der Waals surface area contributed by atoms with Gasteiger partial charge in [0.2, 0.25) is 0 Å². The highest BCUT2D eigenvalue weighted by atomic mass is 32.1. The fraction of sp³-hybridized carbons (Fsp3) is 0.174. The average Bonchev–Trinajstić information content (AvgIpc) is 3.30. The molecule has 0 bridgehead atoms. The summed E-state index contributed by atoms with van der Waals surface area (Å²) in [5, 5.41) is 33.0. The zero-order valence-electron chi connectivity index (χ0n) is 16.9. The number of rotatable bonds is 7. The highest BCUT2D eigenvalue weighted by Crippen LogP contribution is 2.34. The molecule has 0 unspecified atom stereocenters. The summed E-state index contributed by atoms with van der Waals surface area (Å²) >= 11 is 1.29. The number of carbonyl (C=O) groups excluding carboxylic acids is 1. The summed E-state index contributed by atoms with van der Waals surface area (Å²) < 4.78 is 45.3. The number of carbonyl (C=O) groups is 1. The first-order valence-corrected chi connectivity index (χ1v) is 10.3. The second-order valence-corrected chi connectivity index (χ2v) is 8.07. The van der Waals surface area contributed by atoms with Crippen molar-refractivity contribution in [3.05, 3.63) is 81.5 Å². The molecule has 0 radical (unpaired) electrons. The maximum atomic E-state index is 13.2. The first-order chi connectivity index (χ1) is 15.6. The SMILES string of the molecule is N#Cc1ccc(OC[C@@](O)(Cc2cccs2)C(=O)Nc2ccc(C#N)c(C(F)(F)F)c2)cc1. The van der Waals surface area contributed by atoms with Gasteiger partial charge in [-0.3, -0.25) is 4.79 Å². The van der Waals surface area contributed by atoms with Crippen LogP contribution in [0.3, 0.4) is 0 Å². The third-order valence-corrected chi connectivity index (χ3v) is 5.51. The quantitative estimate of drug-likeness (QED) is 0.528. The van der Waals surface area contributed by atoms with Crippen molar-refractivity contribution in [1.82, 2.24) is 0 Å². The molecular formula is C23H16F3N3O3S. The number of amides is 1. The zero-order valence-corrected chi connectivity index (χ0v) is 17.7. The van der Waals surface area contributed by atoms with Crippen LogP contribution in [0.15, 0.2) is 60.0 Å². The Morgan fingerprint density at radius 2 is 1.82 bits per heavy atom. The molecule has 0 fully saturated rings. The Morgan fingerprint density at radius 1 is 1.09 bits per heavy atom. The molecule has 3 rings (SSSR count). The molecule has 0 aliphatic carbocycles. The molecule has 0 spiro atoms. The van der Waals surface area contributed by atoms with Gasteiger partial charge in [0.25, 0.3) is 5.91 Å². The van der Waals surface area contributed by atoms with E-state index < -0.39 is 35.4 Å². The van der Waals surface area contributed by atoms with E-state index in [0.29, 0.717) is 22.3 Å². The van der Waals surface area contributed by atoms with Gasteiger partial charge in [-0.15, -0.1) is 11.3 Å². The van der Waals surface area contributed by atoms with Gasteiger partial charge in [0.15, 0.2) is 5.60 Å². The van der Waals surface area contributed by atoms with Crippen LogP contribution in [0, 0.1) is 22.7 Å². The standard InChI is InChI=1S/C23H16F3N3O3S/c24-23(25,26)20-10-17(6-5-16(20)13-28)29-21(30)22(31,11-19-2-1-9-33-19)14-32-18-7-3-15(12-27)4-8-18/h1-10,31H,11,14H2,(H,29,30)/t22-/m0/s1. The van der Waals surface area contributed by atoms with Gasteiger partial charge in [-0.25, -0.2) is 0 Å². The number of hydrogen-bond acceptors (Lipinski definition) is 6. The Balaban J connectivity index is 1.84. The number of hydrogen-bond donors (Lipinski definition) is 2. The van der Waals surface area contributed by atoms with Crippen LogP contribution in [0.25, 0.3) is 0 Å². The Labute approximate surface area is 191 Å². The molecule has 0 saturated heterocycles. The van der Waals surface area contributed by atoms with Crippen molar-refractivity contribution in [2.24, 2.45) is 0 Å². The molecule has 6 nitrogen and oxygen atoms in total. The van der Waals surface area contributed by atoms with Crippen LogP contribution in [0.4, 0.5) is 18.9 Å². The molecule has 168 valence electrons. The summed E-state index contributed by atoms with van der Waals surface area (Å²) in [6, 6.07) is 15.6. The van der Waals surface area contributed by atoms with Gasteiger partial charge in [-0.1, -0.05) is 6.07 Å². The predicted octanol–water partition coefficient (Wildman–Crippen LogP) is 4.50. The minimum Gasteiger partial charge on any atom is -0.490 e. The maximum absolute atomic E-state index is 13.2. The van der Waals surface area contributed by atoms with E-state index >= 15 is 0 Å². The van der Waals surface area contributed by atoms with Gasteiger partial charge >= 0.3 is 6.18 Å². The first kappa shape index (κ1) is 23.8. The van der Waals surface area contributed by atoms with Crippen molar-refractivity contribution in [1.29, 1.82) is 10.5 Å². The minimum atomic E-state index is -4.79. The van der Waals surface area contributed by atoms with E-state index in [1.165, 1.54) is 41.7 Å². The van der Waals surface area contributed by atoms with Crippen molar-refractivity contribution < 1.29 is 27.8 Å². The molecule has 0 saturated carbocycles. The Morgan fingerprint density at radius 3 is 2.39 bits per heavy atom. The molecule has 33 heavy (non-hydrogen) atoms. The number of ether oxygens (including phenoxy) is 1. The van der Waals surface area contributed by atoms with Crippen molar-refractivity contribution >= 4 is 22.9 Å². The summed E-state index contributed by atoms with van der Waals surface area (Å²) in [7, 11) is 0. The molecule has 1 amide bonds. The van der Waals surface area contributed by atoms with Crippen molar-refractivity contribution in [2.75, 3.05) is 11.9 Å². The van der Waals surface area contributed by atoms with Crippen LogP contribution in [0.5, 0.6) is 5.75 Å². The van der Waals surface area contributed by atoms with E-state index in [9.17, 15) is 23.1 Å². The number of nitrogens with zero attached hydrogens (tertiary/aromatic N) is 2. The van der Waals surface area contributed by atoms with E-state index in [2.05, 4.69) is 5.32 Å². The molecule has 0 aliphatic rings. The summed E-state index contributed by atoms with van der Waals surface area (Å²) in [6.07, 6.45) is -4.94. The lowest BCUT2D eigenvalue weighted by Gasteiger charge is -2.27. The molecule has 1 aromatic heterocycles. The van der Waals surface area contributed by atoms with Crippen LogP contribution < -0.4 is 10.1 Å². The second-order valence-electron chi connectivity index (χ2n) is 7.04. The lowest BCUT2D eigenvalue weighted by atomic mass is 9.98. The van der Waals surface area contributed by atoms with E-state index in [1.807, 2.05) is 6.07 Å². The second kappa shape index (κ2) is 9.74. The summed E-state index contributed by atoms with van der Waals surface area (Å²) in [6.45, 7) is -0.495. The summed E-state index contributed by atoms with van der Waals surface area (Å²) in [5.74, 6) is -0.675. The van der Waals surface area contributed by atoms with Gasteiger partial charge in [-0.2, -0.15) is 23.7 Å². The third-order valence-electron chi connectivity index (χ3n) is 4.63. The fourth-order valence-corrected chi connectivity index (χ4v) is 3.74. The smallest absolute Gasteiger partial charge is 0.417 e. The normalized spacial score (nSPS) is 12.8. The van der Waals surface area contributed by atoms with Gasteiger partial charge in [0.05, 0.1) is 28.8 Å². The van der Waals surface area contributed by atoms with Gasteiger partial charge < -0.3 is 15.2 Å². The number of alkyl halides is 3. The molecule has 1 atom stereocenters. The van der Waals surface area contributed by atoms with Crippen LogP contribution in [-0.2, 0) is 17.4 Å². The van der Waals surface area contributed by atoms with Crippen molar-refractivity contribution in [2.45, 2.75) is 18.2 Å². The number of nitrogens with one attached hydrogen (secondary N) is 1. The molecule has 10 heteroatoms. The van der Waals surface area contributed by atoms with E-state index in [4.69, 9.17) is 15.3 Å². The van der Waals surface area contributed by atoms with Crippen LogP contribution >= 0.6 is 11.3 Å². The predicted molar refractivity (Wildman–Crippen MR) is 114 cm³/mol. The van der Waals surface area contributed by atoms with Gasteiger partial charge in [0, 0.05) is 17.0 Å². The number of anilines is 1. The minimum absolute atomic E-state index is 0.144. The van der Waals surface area contributed by atoms with Crippen molar-refractivity contribution in [3.8, 4) is 17.9 Å². The highest BCUT2D eigenvalue weighted by Gasteiger charge is 2.39. The Hall–Kier alpha value is -3.86. The number of aliphatic hydroxyl groups is 1. The van der Waals surface area contributed by atoms with E-state index in [-0.39, 0.29) is 12.1 Å². The number of benzene rings is 2.